The van der Waals surface area contributed by atoms with Crippen molar-refractivity contribution in [1.82, 2.24) is 4.90 Å². The van der Waals surface area contributed by atoms with E-state index in [1.54, 1.807) is 24.3 Å². The van der Waals surface area contributed by atoms with Crippen LogP contribution in [0.3, 0.4) is 0 Å². The molecule has 0 unspecified atom stereocenters. The number of carbonyl (C=O) groups excluding carboxylic acids is 3. The summed E-state index contributed by atoms with van der Waals surface area (Å²) < 4.78 is 39.1. The van der Waals surface area contributed by atoms with Gasteiger partial charge in [-0.1, -0.05) is 48.2 Å². The molecule has 32 heavy (non-hydrogen) atoms. The largest absolute Gasteiger partial charge is 0.416 e. The van der Waals surface area contributed by atoms with E-state index >= 15 is 0 Å². The van der Waals surface area contributed by atoms with Crippen LogP contribution in [-0.2, 0) is 20.6 Å². The number of nitrogens with zero attached hydrogens (tertiary/aromatic N) is 2. The Labute approximate surface area is 190 Å². The second kappa shape index (κ2) is 8.06. The number of alkyl halides is 3. The SMILES string of the molecule is CN1C(=O)/C(=C2\C(=O)N(CC(=O)Nc3cccc(C(F)(F)F)c3)c3ccccc32)SC1=S. The molecule has 11 heteroatoms. The van der Waals surface area contributed by atoms with E-state index in [1.165, 1.54) is 29.0 Å². The predicted octanol–water partition coefficient (Wildman–Crippen LogP) is 3.89. The molecule has 0 saturated carbocycles. The number of thiocarbonyl (C=S) groups is 1. The Bertz CT molecular complexity index is 1210. The Kier molecular flexibility index (Phi) is 5.55. The van der Waals surface area contributed by atoms with Crippen molar-refractivity contribution in [1.29, 1.82) is 0 Å². The van der Waals surface area contributed by atoms with Crippen LogP contribution >= 0.6 is 24.0 Å². The molecule has 0 spiro atoms. The van der Waals surface area contributed by atoms with Gasteiger partial charge in [0.1, 0.15) is 10.9 Å². The first-order chi connectivity index (χ1) is 15.1. The monoisotopic (exact) mass is 477 g/mol. The molecule has 1 saturated heterocycles. The maximum absolute atomic E-state index is 13.2. The van der Waals surface area contributed by atoms with Gasteiger partial charge in [-0.25, -0.2) is 0 Å². The lowest BCUT2D eigenvalue weighted by atomic mass is 10.1. The average molecular weight is 477 g/mol. The van der Waals surface area contributed by atoms with Gasteiger partial charge in [-0.3, -0.25) is 24.2 Å². The number of thioether (sulfide) groups is 1. The van der Waals surface area contributed by atoms with Crippen LogP contribution in [-0.4, -0.2) is 40.5 Å². The fourth-order valence-electron chi connectivity index (χ4n) is 3.37. The maximum Gasteiger partial charge on any atom is 0.416 e. The van der Waals surface area contributed by atoms with Gasteiger partial charge in [0.25, 0.3) is 11.8 Å². The van der Waals surface area contributed by atoms with E-state index in [0.29, 0.717) is 15.6 Å². The Balaban J connectivity index is 1.62. The second-order valence-electron chi connectivity index (χ2n) is 6.97. The minimum Gasteiger partial charge on any atom is -0.325 e. The van der Waals surface area contributed by atoms with Crippen molar-refractivity contribution in [2.45, 2.75) is 6.18 Å². The zero-order valence-corrected chi connectivity index (χ0v) is 18.0. The molecule has 0 aliphatic carbocycles. The standard InChI is InChI=1S/C21H14F3N3O3S2/c1-26-19(30)17(32-20(26)31)16-13-7-2-3-8-14(13)27(18(16)29)10-15(28)25-12-6-4-5-11(9-12)21(22,23)24/h2-9H,10H2,1H3,(H,25,28)/b17-16+. The topological polar surface area (TPSA) is 69.7 Å². The molecule has 6 nitrogen and oxygen atoms in total. The summed E-state index contributed by atoms with van der Waals surface area (Å²) in [5.74, 6) is -1.65. The molecular formula is C21H14F3N3O3S2. The summed E-state index contributed by atoms with van der Waals surface area (Å²) in [4.78, 5) is 41.0. The Morgan fingerprint density at radius 2 is 1.81 bits per heavy atom. The van der Waals surface area contributed by atoms with Crippen molar-refractivity contribution < 1.29 is 27.6 Å². The zero-order chi connectivity index (χ0) is 23.2. The van der Waals surface area contributed by atoms with Crippen LogP contribution in [0.15, 0.2) is 53.4 Å². The third kappa shape index (κ3) is 3.89. The first kappa shape index (κ1) is 22.0. The van der Waals surface area contributed by atoms with Crippen molar-refractivity contribution in [3.05, 3.63) is 64.6 Å². The molecular weight excluding hydrogens is 463 g/mol. The molecule has 1 fully saturated rings. The highest BCUT2D eigenvalue weighted by Crippen LogP contribution is 2.44. The van der Waals surface area contributed by atoms with E-state index in [1.807, 2.05) is 0 Å². The fourth-order valence-corrected chi connectivity index (χ4v) is 4.62. The second-order valence-corrected chi connectivity index (χ2v) is 8.62. The van der Waals surface area contributed by atoms with Gasteiger partial charge in [-0.2, -0.15) is 13.2 Å². The van der Waals surface area contributed by atoms with Crippen molar-refractivity contribution in [3.8, 4) is 0 Å². The van der Waals surface area contributed by atoms with Gasteiger partial charge in [0, 0.05) is 18.3 Å². The first-order valence-corrected chi connectivity index (χ1v) is 10.4. The number of halogens is 3. The lowest BCUT2D eigenvalue weighted by molar-refractivity contribution is -0.137. The highest BCUT2D eigenvalue weighted by molar-refractivity contribution is 8.26. The van der Waals surface area contributed by atoms with Gasteiger partial charge in [0.2, 0.25) is 5.91 Å². The molecule has 2 aliphatic rings. The number of likely N-dealkylation sites (N-methyl/N-ethyl adjacent to an activating group) is 1. The fraction of sp³-hybridized carbons (Fsp3) is 0.143. The minimum absolute atomic E-state index is 0.0446. The smallest absolute Gasteiger partial charge is 0.325 e. The van der Waals surface area contributed by atoms with Gasteiger partial charge < -0.3 is 5.32 Å². The molecule has 2 aromatic rings. The molecule has 3 amide bonds. The highest BCUT2D eigenvalue weighted by Gasteiger charge is 2.41. The molecule has 2 aliphatic heterocycles. The molecule has 2 aromatic carbocycles. The maximum atomic E-state index is 13.2. The van der Waals surface area contributed by atoms with E-state index in [9.17, 15) is 27.6 Å². The van der Waals surface area contributed by atoms with Crippen LogP contribution < -0.4 is 10.2 Å². The molecule has 4 rings (SSSR count). The molecule has 0 aromatic heterocycles. The van der Waals surface area contributed by atoms with E-state index in [-0.39, 0.29) is 16.2 Å². The van der Waals surface area contributed by atoms with Crippen LogP contribution in [0.25, 0.3) is 5.57 Å². The number of anilines is 2. The minimum atomic E-state index is -4.55. The number of amides is 3. The van der Waals surface area contributed by atoms with E-state index in [2.05, 4.69) is 5.32 Å². The van der Waals surface area contributed by atoms with Gasteiger partial charge in [-0.05, 0) is 24.3 Å². The number of fused-ring (bicyclic) bond motifs is 1. The van der Waals surface area contributed by atoms with Gasteiger partial charge in [0.05, 0.1) is 21.7 Å². The summed E-state index contributed by atoms with van der Waals surface area (Å²) in [7, 11) is 1.51. The number of hydrogen-bond acceptors (Lipinski definition) is 5. The van der Waals surface area contributed by atoms with Crippen LogP contribution in [0.5, 0.6) is 0 Å². The number of carbonyl (C=O) groups is 3. The number of hydrogen-bond donors (Lipinski definition) is 1. The molecule has 0 atom stereocenters. The van der Waals surface area contributed by atoms with Gasteiger partial charge in [0.15, 0.2) is 0 Å². The zero-order valence-electron chi connectivity index (χ0n) is 16.4. The van der Waals surface area contributed by atoms with E-state index in [0.717, 1.165) is 23.9 Å². The number of para-hydroxylation sites is 1. The Morgan fingerprint density at radius 3 is 2.47 bits per heavy atom. The van der Waals surface area contributed by atoms with Crippen molar-refractivity contribution >= 4 is 63.0 Å². The molecule has 1 N–H and O–H groups in total. The molecule has 164 valence electrons. The Hall–Kier alpha value is -3.18. The Morgan fingerprint density at radius 1 is 1.09 bits per heavy atom. The molecule has 0 bridgehead atoms. The average Bonchev–Trinajstić information content (AvgIpc) is 3.15. The van der Waals surface area contributed by atoms with Crippen LogP contribution in [0, 0.1) is 0 Å². The first-order valence-electron chi connectivity index (χ1n) is 9.20. The van der Waals surface area contributed by atoms with Crippen LogP contribution in [0.1, 0.15) is 11.1 Å². The lowest BCUT2D eigenvalue weighted by Crippen LogP contribution is -2.35. The van der Waals surface area contributed by atoms with Crippen molar-refractivity contribution in [2.24, 2.45) is 0 Å². The van der Waals surface area contributed by atoms with E-state index < -0.39 is 36.0 Å². The summed E-state index contributed by atoms with van der Waals surface area (Å²) in [5.41, 5.74) is 0.110. The number of rotatable bonds is 3. The summed E-state index contributed by atoms with van der Waals surface area (Å²) in [6.07, 6.45) is -4.55. The van der Waals surface area contributed by atoms with Crippen LogP contribution in [0.4, 0.5) is 24.5 Å². The number of benzene rings is 2. The van der Waals surface area contributed by atoms with Crippen molar-refractivity contribution in [3.63, 3.8) is 0 Å². The predicted molar refractivity (Wildman–Crippen MR) is 119 cm³/mol. The van der Waals surface area contributed by atoms with Crippen molar-refractivity contribution in [2.75, 3.05) is 23.8 Å². The lowest BCUT2D eigenvalue weighted by Gasteiger charge is -2.17. The third-order valence-corrected chi connectivity index (χ3v) is 6.44. The summed E-state index contributed by atoms with van der Waals surface area (Å²) in [6, 6.07) is 10.9. The number of nitrogens with one attached hydrogen (secondary N) is 1. The van der Waals surface area contributed by atoms with Crippen LogP contribution in [0.2, 0.25) is 0 Å². The quantitative estimate of drug-likeness (QED) is 0.537. The van der Waals surface area contributed by atoms with Gasteiger partial charge >= 0.3 is 6.18 Å². The third-order valence-electron chi connectivity index (χ3n) is 4.89. The van der Waals surface area contributed by atoms with E-state index in [4.69, 9.17) is 12.2 Å². The van der Waals surface area contributed by atoms with Gasteiger partial charge in [-0.15, -0.1) is 0 Å². The normalized spacial score (nSPS) is 18.4. The summed E-state index contributed by atoms with van der Waals surface area (Å²) in [6.45, 7) is -0.442. The molecule has 2 heterocycles. The summed E-state index contributed by atoms with van der Waals surface area (Å²) in [5, 5.41) is 2.39. The summed E-state index contributed by atoms with van der Waals surface area (Å²) >= 11 is 6.15. The molecule has 0 radical (unpaired) electrons. The highest BCUT2D eigenvalue weighted by atomic mass is 32.2.